The molecule has 1 aliphatic rings. The molecule has 0 bridgehead atoms. The van der Waals surface area contributed by atoms with Gasteiger partial charge in [0.25, 0.3) is 0 Å². The topological polar surface area (TPSA) is 29.3 Å². The van der Waals surface area contributed by atoms with Gasteiger partial charge in [-0.25, -0.2) is 0 Å². The normalized spacial score (nSPS) is 24.6. The van der Waals surface area contributed by atoms with Crippen LogP contribution in [0.25, 0.3) is 0 Å². The molecule has 0 aliphatic carbocycles. The lowest BCUT2D eigenvalue weighted by Crippen LogP contribution is -2.39. The quantitative estimate of drug-likeness (QED) is 0.844. The summed E-state index contributed by atoms with van der Waals surface area (Å²) in [6, 6.07) is 4.30. The summed E-state index contributed by atoms with van der Waals surface area (Å²) in [5, 5.41) is 1.48. The molecule has 2 atom stereocenters. The predicted octanol–water partition coefficient (Wildman–Crippen LogP) is 2.38. The van der Waals surface area contributed by atoms with Gasteiger partial charge in [0.1, 0.15) is 0 Å². The van der Waals surface area contributed by atoms with E-state index in [0.717, 1.165) is 21.9 Å². The van der Waals surface area contributed by atoms with Crippen LogP contribution < -0.4 is 5.73 Å². The van der Waals surface area contributed by atoms with E-state index >= 15 is 0 Å². The second-order valence-electron chi connectivity index (χ2n) is 4.72. The Morgan fingerprint density at radius 3 is 2.72 bits per heavy atom. The van der Waals surface area contributed by atoms with E-state index in [1.54, 1.807) is 11.3 Å². The number of hydrogen-bond donors (Lipinski definition) is 1. The van der Waals surface area contributed by atoms with Crippen molar-refractivity contribution >= 4 is 23.1 Å². The van der Waals surface area contributed by atoms with Crippen LogP contribution in [-0.2, 0) is 6.54 Å². The van der Waals surface area contributed by atoms with Crippen molar-refractivity contribution < 1.29 is 0 Å². The van der Waals surface area contributed by atoms with E-state index in [2.05, 4.69) is 54.5 Å². The fraction of sp³-hybridized carbons (Fsp3) is 0.571. The molecular weight excluding hydrogens is 260 g/mol. The van der Waals surface area contributed by atoms with Crippen LogP contribution in [-0.4, -0.2) is 35.0 Å². The highest BCUT2D eigenvalue weighted by atomic mass is 32.2. The maximum atomic E-state index is 5.38. The van der Waals surface area contributed by atoms with E-state index in [1.165, 1.54) is 18.0 Å². The van der Waals surface area contributed by atoms with Gasteiger partial charge in [0.2, 0.25) is 0 Å². The van der Waals surface area contributed by atoms with Gasteiger partial charge in [-0.3, -0.25) is 4.90 Å². The Morgan fingerprint density at radius 1 is 1.33 bits per heavy atom. The van der Waals surface area contributed by atoms with Crippen LogP contribution in [0.4, 0.5) is 0 Å². The molecule has 1 aromatic rings. The SMILES string of the molecule is CC1CN(Cc2ccc(C#CCN)s2)CC(C)S1. The van der Waals surface area contributed by atoms with Gasteiger partial charge in [0, 0.05) is 35.0 Å². The van der Waals surface area contributed by atoms with Crippen molar-refractivity contribution in [1.29, 1.82) is 0 Å². The summed E-state index contributed by atoms with van der Waals surface area (Å²) >= 11 is 3.89. The van der Waals surface area contributed by atoms with Gasteiger partial charge in [-0.05, 0) is 12.1 Å². The van der Waals surface area contributed by atoms with Crippen LogP contribution >= 0.6 is 23.1 Å². The number of nitrogens with two attached hydrogens (primary N) is 1. The molecule has 1 aliphatic heterocycles. The van der Waals surface area contributed by atoms with Gasteiger partial charge in [0.05, 0.1) is 11.4 Å². The second-order valence-corrected chi connectivity index (χ2v) is 7.77. The molecule has 2 heterocycles. The molecule has 0 radical (unpaired) electrons. The number of hydrogen-bond acceptors (Lipinski definition) is 4. The molecule has 0 aromatic carbocycles. The molecule has 98 valence electrons. The summed E-state index contributed by atoms with van der Waals surface area (Å²) in [4.78, 5) is 5.09. The van der Waals surface area contributed by atoms with Gasteiger partial charge >= 0.3 is 0 Å². The summed E-state index contributed by atoms with van der Waals surface area (Å²) in [5.41, 5.74) is 5.38. The lowest BCUT2D eigenvalue weighted by Gasteiger charge is -2.34. The van der Waals surface area contributed by atoms with Crippen LogP contribution in [0.1, 0.15) is 23.6 Å². The average Bonchev–Trinajstić information content (AvgIpc) is 2.72. The number of nitrogens with zero attached hydrogens (tertiary/aromatic N) is 1. The summed E-state index contributed by atoms with van der Waals surface area (Å²) in [6.45, 7) is 8.52. The van der Waals surface area contributed by atoms with E-state index in [4.69, 9.17) is 5.73 Å². The molecule has 0 spiro atoms. The smallest absolute Gasteiger partial charge is 0.0772 e. The first-order chi connectivity index (χ1) is 8.67. The minimum Gasteiger partial charge on any atom is -0.320 e. The number of thioether (sulfide) groups is 1. The fourth-order valence-electron chi connectivity index (χ4n) is 2.30. The molecule has 0 saturated carbocycles. The highest BCUT2D eigenvalue weighted by Gasteiger charge is 2.22. The highest BCUT2D eigenvalue weighted by molar-refractivity contribution is 8.00. The lowest BCUT2D eigenvalue weighted by molar-refractivity contribution is 0.265. The molecule has 2 N–H and O–H groups in total. The molecule has 1 aromatic heterocycles. The summed E-state index contributed by atoms with van der Waals surface area (Å²) in [5.74, 6) is 6.01. The van der Waals surface area contributed by atoms with E-state index in [0.29, 0.717) is 6.54 Å². The van der Waals surface area contributed by atoms with E-state index in [-0.39, 0.29) is 0 Å². The summed E-state index contributed by atoms with van der Waals surface area (Å²) in [6.07, 6.45) is 0. The van der Waals surface area contributed by atoms with E-state index < -0.39 is 0 Å². The first kappa shape index (κ1) is 14.0. The maximum absolute atomic E-state index is 5.38. The Hall–Kier alpha value is -0.470. The average molecular weight is 280 g/mol. The Morgan fingerprint density at radius 2 is 2.06 bits per heavy atom. The third-order valence-electron chi connectivity index (χ3n) is 2.85. The van der Waals surface area contributed by atoms with Gasteiger partial charge in [-0.2, -0.15) is 11.8 Å². The summed E-state index contributed by atoms with van der Waals surface area (Å²) in [7, 11) is 0. The fourth-order valence-corrected chi connectivity index (χ4v) is 4.61. The van der Waals surface area contributed by atoms with Crippen molar-refractivity contribution in [2.24, 2.45) is 5.73 Å². The standard InChI is InChI=1S/C14H20N2S2/c1-11-8-16(9-12(2)17-11)10-14-6-5-13(18-14)4-3-7-15/h5-6,11-12H,7-10,15H2,1-2H3. The van der Waals surface area contributed by atoms with Gasteiger partial charge in [0.15, 0.2) is 0 Å². The molecule has 1 fully saturated rings. The van der Waals surface area contributed by atoms with Crippen molar-refractivity contribution in [1.82, 2.24) is 4.90 Å². The molecule has 0 amide bonds. The Labute approximate surface area is 118 Å². The monoisotopic (exact) mass is 280 g/mol. The molecule has 4 heteroatoms. The van der Waals surface area contributed by atoms with Gasteiger partial charge in [-0.1, -0.05) is 25.7 Å². The highest BCUT2D eigenvalue weighted by Crippen LogP contribution is 2.27. The van der Waals surface area contributed by atoms with Crippen molar-refractivity contribution in [2.45, 2.75) is 30.9 Å². The minimum absolute atomic E-state index is 0.436. The van der Waals surface area contributed by atoms with E-state index in [9.17, 15) is 0 Å². The molecule has 2 nitrogen and oxygen atoms in total. The van der Waals surface area contributed by atoms with Crippen LogP contribution in [0.2, 0.25) is 0 Å². The minimum atomic E-state index is 0.436. The first-order valence-corrected chi connectivity index (χ1v) is 8.08. The van der Waals surface area contributed by atoms with Crippen molar-refractivity contribution in [2.75, 3.05) is 19.6 Å². The molecule has 2 rings (SSSR count). The van der Waals surface area contributed by atoms with Crippen LogP contribution in [0, 0.1) is 11.8 Å². The molecule has 18 heavy (non-hydrogen) atoms. The second kappa shape index (κ2) is 6.63. The zero-order chi connectivity index (χ0) is 13.0. The summed E-state index contributed by atoms with van der Waals surface area (Å²) < 4.78 is 0. The molecular formula is C14H20N2S2. The van der Waals surface area contributed by atoms with Gasteiger partial charge in [-0.15, -0.1) is 11.3 Å². The van der Waals surface area contributed by atoms with Crippen LogP contribution in [0.5, 0.6) is 0 Å². The number of rotatable bonds is 2. The van der Waals surface area contributed by atoms with Crippen LogP contribution in [0.15, 0.2) is 12.1 Å². The lowest BCUT2D eigenvalue weighted by atomic mass is 10.3. The zero-order valence-electron chi connectivity index (χ0n) is 11.0. The maximum Gasteiger partial charge on any atom is 0.0772 e. The molecule has 2 unspecified atom stereocenters. The Kier molecular flexibility index (Phi) is 5.13. The predicted molar refractivity (Wildman–Crippen MR) is 82.0 cm³/mol. The third kappa shape index (κ3) is 4.03. The largest absolute Gasteiger partial charge is 0.320 e. The van der Waals surface area contributed by atoms with Crippen molar-refractivity contribution in [3.05, 3.63) is 21.9 Å². The van der Waals surface area contributed by atoms with Crippen molar-refractivity contribution in [3.63, 3.8) is 0 Å². The van der Waals surface area contributed by atoms with Crippen LogP contribution in [0.3, 0.4) is 0 Å². The Balaban J connectivity index is 1.94. The zero-order valence-corrected chi connectivity index (χ0v) is 12.6. The van der Waals surface area contributed by atoms with E-state index in [1.807, 2.05) is 0 Å². The van der Waals surface area contributed by atoms with Gasteiger partial charge < -0.3 is 5.73 Å². The molecule has 1 saturated heterocycles. The number of thiophene rings is 1. The third-order valence-corrected chi connectivity index (χ3v) is 5.06. The Bertz CT molecular complexity index is 434. The van der Waals surface area contributed by atoms with Crippen molar-refractivity contribution in [3.8, 4) is 11.8 Å². The first-order valence-electron chi connectivity index (χ1n) is 6.33.